The molecule has 192 valence electrons. The first-order chi connectivity index (χ1) is 17.9. The lowest BCUT2D eigenvalue weighted by Gasteiger charge is -2.24. The highest BCUT2D eigenvalue weighted by molar-refractivity contribution is 6.38. The SMILES string of the molecule is CN(C(=O)CN(CCO)CCO)c1ccc(N/C(=C2\C(=O)Nc3cc(Cl)ccc32)c2ccccc2)cc1. The van der Waals surface area contributed by atoms with Crippen molar-refractivity contribution in [2.24, 2.45) is 0 Å². The fraction of sp³-hybridized carbons (Fsp3) is 0.214. The minimum Gasteiger partial charge on any atom is -0.395 e. The molecule has 0 unspecified atom stereocenters. The number of halogens is 1. The summed E-state index contributed by atoms with van der Waals surface area (Å²) >= 11 is 6.13. The first-order valence-corrected chi connectivity index (χ1v) is 12.3. The van der Waals surface area contributed by atoms with Gasteiger partial charge in [0.05, 0.1) is 36.7 Å². The Morgan fingerprint density at radius 3 is 2.30 bits per heavy atom. The van der Waals surface area contributed by atoms with E-state index < -0.39 is 0 Å². The fourth-order valence-electron chi connectivity index (χ4n) is 4.18. The summed E-state index contributed by atoms with van der Waals surface area (Å²) in [4.78, 5) is 29.0. The third-order valence-electron chi connectivity index (χ3n) is 6.13. The lowest BCUT2D eigenvalue weighted by molar-refractivity contribution is -0.119. The number of hydrogen-bond donors (Lipinski definition) is 4. The molecular formula is C28H29ClN4O4. The van der Waals surface area contributed by atoms with Crippen molar-refractivity contribution in [2.45, 2.75) is 0 Å². The monoisotopic (exact) mass is 520 g/mol. The number of amides is 2. The number of nitrogens with one attached hydrogen (secondary N) is 2. The van der Waals surface area contributed by atoms with Gasteiger partial charge < -0.3 is 25.7 Å². The number of rotatable bonds is 10. The molecule has 0 saturated carbocycles. The van der Waals surface area contributed by atoms with Gasteiger partial charge in [-0.25, -0.2) is 0 Å². The van der Waals surface area contributed by atoms with Gasteiger partial charge in [-0.1, -0.05) is 48.0 Å². The van der Waals surface area contributed by atoms with Gasteiger partial charge in [0.25, 0.3) is 5.91 Å². The highest BCUT2D eigenvalue weighted by Crippen LogP contribution is 2.38. The topological polar surface area (TPSA) is 105 Å². The van der Waals surface area contributed by atoms with Crippen molar-refractivity contribution in [2.75, 3.05) is 55.4 Å². The summed E-state index contributed by atoms with van der Waals surface area (Å²) in [6, 6.07) is 22.2. The molecule has 4 N–H and O–H groups in total. The van der Waals surface area contributed by atoms with Crippen molar-refractivity contribution in [1.29, 1.82) is 0 Å². The highest BCUT2D eigenvalue weighted by atomic mass is 35.5. The van der Waals surface area contributed by atoms with Gasteiger partial charge in [0.1, 0.15) is 0 Å². The largest absolute Gasteiger partial charge is 0.395 e. The van der Waals surface area contributed by atoms with Gasteiger partial charge in [-0.3, -0.25) is 14.5 Å². The molecule has 0 aromatic heterocycles. The third kappa shape index (κ3) is 6.18. The number of anilines is 3. The lowest BCUT2D eigenvalue weighted by Crippen LogP contribution is -2.40. The van der Waals surface area contributed by atoms with E-state index in [0.717, 1.165) is 16.8 Å². The fourth-order valence-corrected chi connectivity index (χ4v) is 4.36. The number of benzene rings is 3. The van der Waals surface area contributed by atoms with Crippen LogP contribution in [0, 0.1) is 0 Å². The molecule has 0 atom stereocenters. The van der Waals surface area contributed by atoms with Crippen molar-refractivity contribution in [1.82, 2.24) is 4.90 Å². The Morgan fingerprint density at radius 2 is 1.65 bits per heavy atom. The maximum absolute atomic E-state index is 13.0. The van der Waals surface area contributed by atoms with Crippen LogP contribution < -0.4 is 15.5 Å². The number of aliphatic hydroxyl groups is 2. The van der Waals surface area contributed by atoms with Crippen molar-refractivity contribution in [3.8, 4) is 0 Å². The van der Waals surface area contributed by atoms with Crippen LogP contribution in [0.1, 0.15) is 11.1 Å². The first-order valence-electron chi connectivity index (χ1n) is 11.9. The molecule has 37 heavy (non-hydrogen) atoms. The molecule has 0 saturated heterocycles. The Labute approximate surface area is 220 Å². The number of hydrogen-bond acceptors (Lipinski definition) is 6. The quantitative estimate of drug-likeness (QED) is 0.305. The van der Waals surface area contributed by atoms with Crippen molar-refractivity contribution >= 4 is 51.7 Å². The van der Waals surface area contributed by atoms with E-state index >= 15 is 0 Å². The lowest BCUT2D eigenvalue weighted by atomic mass is 10.00. The summed E-state index contributed by atoms with van der Waals surface area (Å²) in [6.45, 7) is 0.518. The van der Waals surface area contributed by atoms with Crippen LogP contribution in [0.2, 0.25) is 5.02 Å². The van der Waals surface area contributed by atoms with E-state index in [2.05, 4.69) is 10.6 Å². The van der Waals surface area contributed by atoms with Crippen LogP contribution in [-0.4, -0.2) is 66.8 Å². The van der Waals surface area contributed by atoms with Crippen LogP contribution in [0.5, 0.6) is 0 Å². The Kier molecular flexibility index (Phi) is 8.58. The summed E-state index contributed by atoms with van der Waals surface area (Å²) in [5.74, 6) is -0.381. The number of nitrogens with zero attached hydrogens (tertiary/aromatic N) is 2. The molecule has 1 heterocycles. The molecular weight excluding hydrogens is 492 g/mol. The van der Waals surface area contributed by atoms with Gasteiger partial charge in [-0.05, 0) is 42.0 Å². The van der Waals surface area contributed by atoms with E-state index in [1.54, 1.807) is 24.1 Å². The second-order valence-corrected chi connectivity index (χ2v) is 9.04. The number of carbonyl (C=O) groups excluding carboxylic acids is 2. The first kappa shape index (κ1) is 26.4. The minimum absolute atomic E-state index is 0.0837. The van der Waals surface area contributed by atoms with Gasteiger partial charge in [-0.15, -0.1) is 0 Å². The normalized spacial score (nSPS) is 13.8. The number of fused-ring (bicyclic) bond motifs is 1. The van der Waals surface area contributed by atoms with Gasteiger partial charge in [0.2, 0.25) is 5.91 Å². The van der Waals surface area contributed by atoms with Crippen molar-refractivity contribution < 1.29 is 19.8 Å². The smallest absolute Gasteiger partial charge is 0.258 e. The van der Waals surface area contributed by atoms with Crippen LogP contribution in [0.3, 0.4) is 0 Å². The average Bonchev–Trinajstić information content (AvgIpc) is 3.22. The zero-order valence-electron chi connectivity index (χ0n) is 20.4. The number of likely N-dealkylation sites (N-methyl/N-ethyl adjacent to an activating group) is 1. The predicted octanol–water partition coefficient (Wildman–Crippen LogP) is 3.52. The van der Waals surface area contributed by atoms with Crippen LogP contribution in [-0.2, 0) is 9.59 Å². The van der Waals surface area contributed by atoms with Gasteiger partial charge in [-0.2, -0.15) is 0 Å². The molecule has 1 aliphatic heterocycles. The molecule has 0 spiro atoms. The molecule has 3 aromatic carbocycles. The Balaban J connectivity index is 1.60. The molecule has 2 amide bonds. The summed E-state index contributed by atoms with van der Waals surface area (Å²) in [5.41, 5.74) is 4.87. The maximum atomic E-state index is 13.0. The molecule has 4 rings (SSSR count). The highest BCUT2D eigenvalue weighted by Gasteiger charge is 2.28. The molecule has 0 aliphatic carbocycles. The third-order valence-corrected chi connectivity index (χ3v) is 6.36. The van der Waals surface area contributed by atoms with Gasteiger partial charge >= 0.3 is 0 Å². The van der Waals surface area contributed by atoms with Crippen LogP contribution >= 0.6 is 11.6 Å². The van der Waals surface area contributed by atoms with Gasteiger partial charge in [0, 0.05) is 42.1 Å². The minimum atomic E-state index is -0.221. The van der Waals surface area contributed by atoms with Crippen molar-refractivity contribution in [3.05, 3.63) is 88.9 Å². The van der Waals surface area contributed by atoms with Gasteiger partial charge in [0.15, 0.2) is 0 Å². The Morgan fingerprint density at radius 1 is 0.973 bits per heavy atom. The van der Waals surface area contributed by atoms with E-state index in [1.807, 2.05) is 60.7 Å². The zero-order valence-corrected chi connectivity index (χ0v) is 21.2. The maximum Gasteiger partial charge on any atom is 0.258 e. The second kappa shape index (κ2) is 12.0. The summed E-state index contributed by atoms with van der Waals surface area (Å²) < 4.78 is 0. The standard InChI is InChI=1S/C28H29ClN4O4/c1-32(25(36)18-33(13-15-34)14-16-35)22-10-8-21(9-11-22)30-27(19-5-3-2-4-6-19)26-23-12-7-20(29)17-24(23)31-28(26)37/h2-12,17,30,34-35H,13-16,18H2,1H3,(H,31,37)/b27-26-. The molecule has 3 aromatic rings. The van der Waals surface area contributed by atoms with E-state index in [9.17, 15) is 19.8 Å². The van der Waals surface area contributed by atoms with Crippen LogP contribution in [0.4, 0.5) is 17.1 Å². The van der Waals surface area contributed by atoms with Crippen molar-refractivity contribution in [3.63, 3.8) is 0 Å². The summed E-state index contributed by atoms with van der Waals surface area (Å²) in [6.07, 6.45) is 0. The Hall–Kier alpha value is -3.69. The Bertz CT molecular complexity index is 1290. The summed E-state index contributed by atoms with van der Waals surface area (Å²) in [5, 5.41) is 25.2. The summed E-state index contributed by atoms with van der Waals surface area (Å²) in [7, 11) is 1.68. The second-order valence-electron chi connectivity index (χ2n) is 8.61. The van der Waals surface area contributed by atoms with Crippen LogP contribution in [0.25, 0.3) is 11.3 Å². The molecule has 0 fully saturated rings. The molecule has 9 heteroatoms. The van der Waals surface area contributed by atoms with E-state index in [0.29, 0.717) is 40.8 Å². The molecule has 1 aliphatic rings. The van der Waals surface area contributed by atoms with Crippen LogP contribution in [0.15, 0.2) is 72.8 Å². The van der Waals surface area contributed by atoms with E-state index in [-0.39, 0.29) is 31.6 Å². The van der Waals surface area contributed by atoms with E-state index in [1.165, 1.54) is 4.90 Å². The molecule has 8 nitrogen and oxygen atoms in total. The zero-order chi connectivity index (χ0) is 26.4. The number of aliphatic hydroxyl groups excluding tert-OH is 2. The average molecular weight is 521 g/mol. The van der Waals surface area contributed by atoms with E-state index in [4.69, 9.17) is 11.6 Å². The number of carbonyl (C=O) groups is 2. The molecule has 0 bridgehead atoms. The molecule has 0 radical (unpaired) electrons. The predicted molar refractivity (Wildman–Crippen MR) is 147 cm³/mol.